The molecule has 0 saturated carbocycles. The Morgan fingerprint density at radius 2 is 2.08 bits per heavy atom. The summed E-state index contributed by atoms with van der Waals surface area (Å²) in [7, 11) is 1.91. The van der Waals surface area contributed by atoms with Gasteiger partial charge in [-0.3, -0.25) is 14.7 Å². The Kier molecular flexibility index (Phi) is 5.08. The minimum Gasteiger partial charge on any atom is -0.348 e. The molecular weight excluding hydrogens is 326 g/mol. The maximum Gasteiger partial charge on any atom is 0.234 e. The van der Waals surface area contributed by atoms with E-state index in [2.05, 4.69) is 20.3 Å². The molecule has 2 N–H and O–H groups in total. The van der Waals surface area contributed by atoms with Crippen LogP contribution in [-0.2, 0) is 17.9 Å². The molecule has 1 amide bonds. The molecule has 6 nitrogen and oxygen atoms in total. The number of imidazole rings is 1. The van der Waals surface area contributed by atoms with Gasteiger partial charge in [-0.1, -0.05) is 11.6 Å². The van der Waals surface area contributed by atoms with Crippen LogP contribution >= 0.6 is 11.6 Å². The van der Waals surface area contributed by atoms with E-state index >= 15 is 0 Å². The SMILES string of the molecule is CN(CC(=O)NCc1nc2ccc(Cl)cc2[nH]1)Cc1ccncc1. The van der Waals surface area contributed by atoms with Crippen molar-refractivity contribution in [3.63, 3.8) is 0 Å². The van der Waals surface area contributed by atoms with E-state index in [4.69, 9.17) is 11.6 Å². The summed E-state index contributed by atoms with van der Waals surface area (Å²) in [5, 5.41) is 3.52. The second kappa shape index (κ2) is 7.42. The standard InChI is InChI=1S/C17H18ClN5O/c1-23(10-12-4-6-19-7-5-12)11-17(24)20-9-16-21-14-3-2-13(18)8-15(14)22-16/h2-8H,9-11H2,1H3,(H,20,24)(H,21,22). The summed E-state index contributed by atoms with van der Waals surface area (Å²) in [6.45, 7) is 1.36. The number of aromatic nitrogens is 3. The summed E-state index contributed by atoms with van der Waals surface area (Å²) < 4.78 is 0. The number of H-pyrrole nitrogens is 1. The first-order valence-electron chi connectivity index (χ1n) is 7.58. The van der Waals surface area contributed by atoms with E-state index in [1.807, 2.05) is 36.2 Å². The van der Waals surface area contributed by atoms with Gasteiger partial charge in [0.15, 0.2) is 0 Å². The maximum atomic E-state index is 12.1. The fourth-order valence-corrected chi connectivity index (χ4v) is 2.63. The van der Waals surface area contributed by atoms with Crippen molar-refractivity contribution in [2.75, 3.05) is 13.6 Å². The molecule has 7 heteroatoms. The molecule has 0 unspecified atom stereocenters. The van der Waals surface area contributed by atoms with E-state index in [0.29, 0.717) is 30.5 Å². The zero-order valence-electron chi connectivity index (χ0n) is 13.3. The van der Waals surface area contributed by atoms with Crippen molar-refractivity contribution in [2.24, 2.45) is 0 Å². The number of rotatable bonds is 6. The summed E-state index contributed by atoms with van der Waals surface area (Å²) in [6, 6.07) is 9.34. The Labute approximate surface area is 144 Å². The van der Waals surface area contributed by atoms with Gasteiger partial charge in [-0.05, 0) is 42.9 Å². The molecule has 3 rings (SSSR count). The van der Waals surface area contributed by atoms with Crippen molar-refractivity contribution in [3.8, 4) is 0 Å². The monoisotopic (exact) mass is 343 g/mol. The third-order valence-electron chi connectivity index (χ3n) is 3.56. The van der Waals surface area contributed by atoms with Crippen LogP contribution in [0.2, 0.25) is 5.02 Å². The smallest absolute Gasteiger partial charge is 0.234 e. The second-order valence-corrected chi connectivity index (χ2v) is 6.09. The van der Waals surface area contributed by atoms with E-state index in [0.717, 1.165) is 16.6 Å². The third kappa shape index (κ3) is 4.31. The van der Waals surface area contributed by atoms with Crippen LogP contribution in [0, 0.1) is 0 Å². The number of amides is 1. The average molecular weight is 344 g/mol. The number of halogens is 1. The number of fused-ring (bicyclic) bond motifs is 1. The highest BCUT2D eigenvalue weighted by Gasteiger charge is 2.09. The summed E-state index contributed by atoms with van der Waals surface area (Å²) >= 11 is 5.95. The predicted molar refractivity (Wildman–Crippen MR) is 93.5 cm³/mol. The van der Waals surface area contributed by atoms with E-state index in [1.54, 1.807) is 18.5 Å². The largest absolute Gasteiger partial charge is 0.348 e. The van der Waals surface area contributed by atoms with Gasteiger partial charge in [0.25, 0.3) is 0 Å². The Hall–Kier alpha value is -2.44. The Morgan fingerprint density at radius 3 is 2.88 bits per heavy atom. The zero-order valence-corrected chi connectivity index (χ0v) is 14.0. The molecule has 0 saturated heterocycles. The molecule has 124 valence electrons. The molecule has 1 aromatic carbocycles. The van der Waals surface area contributed by atoms with Gasteiger partial charge in [0.05, 0.1) is 24.1 Å². The number of nitrogens with one attached hydrogen (secondary N) is 2. The second-order valence-electron chi connectivity index (χ2n) is 5.65. The number of aromatic amines is 1. The van der Waals surface area contributed by atoms with Crippen LogP contribution < -0.4 is 5.32 Å². The summed E-state index contributed by atoms with van der Waals surface area (Å²) in [5.74, 6) is 0.655. The zero-order chi connectivity index (χ0) is 16.9. The molecule has 0 fully saturated rings. The lowest BCUT2D eigenvalue weighted by molar-refractivity contribution is -0.122. The lowest BCUT2D eigenvalue weighted by atomic mass is 10.2. The van der Waals surface area contributed by atoms with E-state index in [1.165, 1.54) is 0 Å². The molecule has 0 aliphatic carbocycles. The number of likely N-dealkylation sites (N-methyl/N-ethyl adjacent to an activating group) is 1. The van der Waals surface area contributed by atoms with Crippen LogP contribution in [0.15, 0.2) is 42.7 Å². The highest BCUT2D eigenvalue weighted by molar-refractivity contribution is 6.31. The number of pyridine rings is 1. The van der Waals surface area contributed by atoms with Gasteiger partial charge in [0.1, 0.15) is 5.82 Å². The Bertz CT molecular complexity index is 833. The van der Waals surface area contributed by atoms with Crippen LogP contribution in [0.5, 0.6) is 0 Å². The van der Waals surface area contributed by atoms with Gasteiger partial charge < -0.3 is 10.3 Å². The van der Waals surface area contributed by atoms with E-state index < -0.39 is 0 Å². The highest BCUT2D eigenvalue weighted by Crippen LogP contribution is 2.17. The highest BCUT2D eigenvalue weighted by atomic mass is 35.5. The molecular formula is C17H18ClN5O. The molecule has 3 aromatic rings. The first-order chi connectivity index (χ1) is 11.6. The minimum atomic E-state index is -0.0509. The Morgan fingerprint density at radius 1 is 1.29 bits per heavy atom. The van der Waals surface area contributed by atoms with Crippen molar-refractivity contribution < 1.29 is 4.79 Å². The Balaban J connectivity index is 1.51. The number of nitrogens with zero attached hydrogens (tertiary/aromatic N) is 3. The molecule has 24 heavy (non-hydrogen) atoms. The van der Waals surface area contributed by atoms with Crippen molar-refractivity contribution in [1.82, 2.24) is 25.2 Å². The van der Waals surface area contributed by atoms with Gasteiger partial charge in [0.2, 0.25) is 5.91 Å². The first kappa shape index (κ1) is 16.4. The number of hydrogen-bond acceptors (Lipinski definition) is 4. The topological polar surface area (TPSA) is 73.9 Å². The van der Waals surface area contributed by atoms with E-state index in [9.17, 15) is 4.79 Å². The molecule has 2 heterocycles. The van der Waals surface area contributed by atoms with Gasteiger partial charge in [-0.25, -0.2) is 4.98 Å². The lowest BCUT2D eigenvalue weighted by Gasteiger charge is -2.15. The molecule has 0 spiro atoms. The molecule has 0 bridgehead atoms. The minimum absolute atomic E-state index is 0.0509. The van der Waals surface area contributed by atoms with E-state index in [-0.39, 0.29) is 5.91 Å². The fourth-order valence-electron chi connectivity index (χ4n) is 2.46. The van der Waals surface area contributed by atoms with Crippen LogP contribution in [-0.4, -0.2) is 39.4 Å². The molecule has 0 aliphatic rings. The van der Waals surface area contributed by atoms with Crippen molar-refractivity contribution in [3.05, 3.63) is 59.1 Å². The van der Waals surface area contributed by atoms with Gasteiger partial charge in [-0.15, -0.1) is 0 Å². The summed E-state index contributed by atoms with van der Waals surface area (Å²) in [6.07, 6.45) is 3.49. The quantitative estimate of drug-likeness (QED) is 0.720. The normalized spacial score (nSPS) is 11.1. The van der Waals surface area contributed by atoms with Crippen molar-refractivity contribution in [2.45, 2.75) is 13.1 Å². The van der Waals surface area contributed by atoms with Gasteiger partial charge in [0, 0.05) is 24.0 Å². The molecule has 0 atom stereocenters. The number of carbonyl (C=O) groups is 1. The van der Waals surface area contributed by atoms with Gasteiger partial charge in [-0.2, -0.15) is 0 Å². The average Bonchev–Trinajstić information content (AvgIpc) is 2.95. The van der Waals surface area contributed by atoms with Crippen LogP contribution in [0.4, 0.5) is 0 Å². The van der Waals surface area contributed by atoms with Gasteiger partial charge >= 0.3 is 0 Å². The number of benzene rings is 1. The van der Waals surface area contributed by atoms with Crippen molar-refractivity contribution >= 4 is 28.5 Å². The lowest BCUT2D eigenvalue weighted by Crippen LogP contribution is -2.34. The fraction of sp³-hybridized carbons (Fsp3) is 0.235. The van der Waals surface area contributed by atoms with Crippen LogP contribution in [0.1, 0.15) is 11.4 Å². The maximum absolute atomic E-state index is 12.1. The first-order valence-corrected chi connectivity index (χ1v) is 7.96. The van der Waals surface area contributed by atoms with Crippen LogP contribution in [0.3, 0.4) is 0 Å². The van der Waals surface area contributed by atoms with Crippen LogP contribution in [0.25, 0.3) is 11.0 Å². The number of hydrogen-bond donors (Lipinski definition) is 2. The predicted octanol–water partition coefficient (Wildman–Crippen LogP) is 2.36. The molecule has 0 aliphatic heterocycles. The third-order valence-corrected chi connectivity index (χ3v) is 3.80. The van der Waals surface area contributed by atoms with Crippen molar-refractivity contribution in [1.29, 1.82) is 0 Å². The number of carbonyl (C=O) groups excluding carboxylic acids is 1. The summed E-state index contributed by atoms with van der Waals surface area (Å²) in [4.78, 5) is 25.6. The molecule has 0 radical (unpaired) electrons. The summed E-state index contributed by atoms with van der Waals surface area (Å²) in [5.41, 5.74) is 2.81. The molecule has 2 aromatic heterocycles.